The lowest BCUT2D eigenvalue weighted by Gasteiger charge is -2.23. The number of carbonyl (C=O) groups is 2. The normalized spacial score (nSPS) is 14.5. The Morgan fingerprint density at radius 1 is 1.19 bits per heavy atom. The SMILES string of the molecule is C=Cc1cnc(C(=O)Nc2nc3c(C(=O)NC4CCNCC4)cccc3[nH]2)cc1/C=C\C. The summed E-state index contributed by atoms with van der Waals surface area (Å²) >= 11 is 0. The molecule has 1 aliphatic rings. The number of carbonyl (C=O) groups excluding carboxylic acids is 2. The summed E-state index contributed by atoms with van der Waals surface area (Å²) in [5, 5.41) is 9.12. The Labute approximate surface area is 186 Å². The van der Waals surface area contributed by atoms with Crippen LogP contribution < -0.4 is 16.0 Å². The van der Waals surface area contributed by atoms with Gasteiger partial charge in [-0.15, -0.1) is 0 Å². The zero-order chi connectivity index (χ0) is 22.5. The number of imidazole rings is 1. The lowest BCUT2D eigenvalue weighted by molar-refractivity contribution is 0.0930. The number of aromatic nitrogens is 3. The van der Waals surface area contributed by atoms with E-state index in [1.54, 1.807) is 30.5 Å². The molecule has 3 heterocycles. The predicted molar refractivity (Wildman–Crippen MR) is 126 cm³/mol. The number of aromatic amines is 1. The van der Waals surface area contributed by atoms with Gasteiger partial charge in [-0.05, 0) is 62.2 Å². The van der Waals surface area contributed by atoms with Gasteiger partial charge in [0.2, 0.25) is 5.95 Å². The molecule has 32 heavy (non-hydrogen) atoms. The number of fused-ring (bicyclic) bond motifs is 1. The third kappa shape index (κ3) is 4.60. The van der Waals surface area contributed by atoms with E-state index in [0.29, 0.717) is 16.6 Å². The minimum atomic E-state index is -0.397. The van der Waals surface area contributed by atoms with Crippen LogP contribution in [0.3, 0.4) is 0 Å². The van der Waals surface area contributed by atoms with Crippen LogP contribution >= 0.6 is 0 Å². The van der Waals surface area contributed by atoms with Crippen molar-refractivity contribution < 1.29 is 9.59 Å². The molecule has 0 unspecified atom stereocenters. The summed E-state index contributed by atoms with van der Waals surface area (Å²) in [7, 11) is 0. The lowest BCUT2D eigenvalue weighted by atomic mass is 10.1. The molecule has 4 rings (SSSR count). The number of hydrogen-bond acceptors (Lipinski definition) is 5. The van der Waals surface area contributed by atoms with Crippen molar-refractivity contribution in [2.24, 2.45) is 0 Å². The highest BCUT2D eigenvalue weighted by molar-refractivity contribution is 6.07. The summed E-state index contributed by atoms with van der Waals surface area (Å²) < 4.78 is 0. The summed E-state index contributed by atoms with van der Waals surface area (Å²) in [5.74, 6) is -0.301. The highest BCUT2D eigenvalue weighted by Crippen LogP contribution is 2.20. The Balaban J connectivity index is 1.55. The van der Waals surface area contributed by atoms with E-state index in [0.717, 1.165) is 37.1 Å². The molecular formula is C24H26N6O2. The minimum Gasteiger partial charge on any atom is -0.349 e. The van der Waals surface area contributed by atoms with Gasteiger partial charge in [-0.2, -0.15) is 0 Å². The van der Waals surface area contributed by atoms with E-state index < -0.39 is 5.91 Å². The average molecular weight is 431 g/mol. The zero-order valence-electron chi connectivity index (χ0n) is 17.9. The fraction of sp³-hybridized carbons (Fsp3) is 0.250. The number of benzene rings is 1. The Bertz CT molecular complexity index is 1190. The van der Waals surface area contributed by atoms with Gasteiger partial charge in [0.05, 0.1) is 11.1 Å². The number of nitrogens with one attached hydrogen (secondary N) is 4. The summed E-state index contributed by atoms with van der Waals surface area (Å²) in [5.41, 5.74) is 3.60. The maximum absolute atomic E-state index is 12.8. The first-order valence-electron chi connectivity index (χ1n) is 10.7. The van der Waals surface area contributed by atoms with Crippen LogP contribution in [0.1, 0.15) is 51.7 Å². The second kappa shape index (κ2) is 9.57. The van der Waals surface area contributed by atoms with Gasteiger partial charge in [-0.1, -0.05) is 30.9 Å². The van der Waals surface area contributed by atoms with Gasteiger partial charge in [0.15, 0.2) is 0 Å². The molecule has 0 aliphatic carbocycles. The van der Waals surface area contributed by atoms with Crippen molar-refractivity contribution in [2.45, 2.75) is 25.8 Å². The molecule has 1 fully saturated rings. The van der Waals surface area contributed by atoms with Gasteiger partial charge >= 0.3 is 0 Å². The Morgan fingerprint density at radius 2 is 2.00 bits per heavy atom. The van der Waals surface area contributed by atoms with Gasteiger partial charge in [-0.3, -0.25) is 19.9 Å². The molecule has 164 valence electrons. The van der Waals surface area contributed by atoms with E-state index in [4.69, 9.17) is 0 Å². The first-order chi connectivity index (χ1) is 15.6. The molecule has 1 aliphatic heterocycles. The summed E-state index contributed by atoms with van der Waals surface area (Å²) in [6, 6.07) is 7.20. The Morgan fingerprint density at radius 3 is 2.75 bits per heavy atom. The maximum atomic E-state index is 12.8. The van der Waals surface area contributed by atoms with Crippen LogP contribution in [-0.4, -0.2) is 45.9 Å². The zero-order valence-corrected chi connectivity index (χ0v) is 17.9. The molecule has 0 radical (unpaired) electrons. The Hall–Kier alpha value is -3.78. The van der Waals surface area contributed by atoms with Crippen molar-refractivity contribution >= 4 is 40.9 Å². The van der Waals surface area contributed by atoms with Crippen molar-refractivity contribution in [3.63, 3.8) is 0 Å². The summed E-state index contributed by atoms with van der Waals surface area (Å²) in [4.78, 5) is 37.4. The number of nitrogens with zero attached hydrogens (tertiary/aromatic N) is 2. The fourth-order valence-electron chi connectivity index (χ4n) is 3.78. The number of anilines is 1. The third-order valence-electron chi connectivity index (χ3n) is 5.43. The maximum Gasteiger partial charge on any atom is 0.276 e. The fourth-order valence-corrected chi connectivity index (χ4v) is 3.78. The summed E-state index contributed by atoms with van der Waals surface area (Å²) in [6.45, 7) is 7.47. The van der Waals surface area contributed by atoms with E-state index in [1.807, 2.05) is 25.1 Å². The van der Waals surface area contributed by atoms with E-state index in [-0.39, 0.29) is 23.6 Å². The number of para-hydroxylation sites is 1. The molecule has 2 aromatic heterocycles. The van der Waals surface area contributed by atoms with Gasteiger partial charge in [0, 0.05) is 12.2 Å². The smallest absolute Gasteiger partial charge is 0.276 e. The molecule has 0 saturated carbocycles. The number of pyridine rings is 1. The summed E-state index contributed by atoms with van der Waals surface area (Å²) in [6.07, 6.45) is 8.88. The van der Waals surface area contributed by atoms with Crippen LogP contribution in [0.2, 0.25) is 0 Å². The van der Waals surface area contributed by atoms with Crippen molar-refractivity contribution in [1.82, 2.24) is 25.6 Å². The van der Waals surface area contributed by atoms with Gasteiger partial charge in [0.1, 0.15) is 11.2 Å². The monoisotopic (exact) mass is 430 g/mol. The molecule has 0 atom stereocenters. The van der Waals surface area contributed by atoms with E-state index in [2.05, 4.69) is 37.5 Å². The number of piperidine rings is 1. The quantitative estimate of drug-likeness (QED) is 0.479. The number of rotatable bonds is 6. The molecule has 3 aromatic rings. The van der Waals surface area contributed by atoms with Gasteiger partial charge in [0.25, 0.3) is 11.8 Å². The molecule has 2 amide bonds. The van der Waals surface area contributed by atoms with Crippen LogP contribution in [0, 0.1) is 0 Å². The predicted octanol–water partition coefficient (Wildman–Crippen LogP) is 3.37. The van der Waals surface area contributed by atoms with E-state index in [9.17, 15) is 9.59 Å². The number of H-pyrrole nitrogens is 1. The number of allylic oxidation sites excluding steroid dienone is 1. The minimum absolute atomic E-state index is 0.146. The van der Waals surface area contributed by atoms with Crippen LogP contribution in [-0.2, 0) is 0 Å². The molecule has 1 saturated heterocycles. The Kier molecular flexibility index (Phi) is 6.42. The number of amides is 2. The third-order valence-corrected chi connectivity index (χ3v) is 5.43. The van der Waals surface area contributed by atoms with Gasteiger partial charge < -0.3 is 15.6 Å². The molecule has 1 aromatic carbocycles. The molecule has 4 N–H and O–H groups in total. The van der Waals surface area contributed by atoms with Crippen LogP contribution in [0.15, 0.2) is 43.1 Å². The molecule has 0 spiro atoms. The highest BCUT2D eigenvalue weighted by atomic mass is 16.2. The lowest BCUT2D eigenvalue weighted by Crippen LogP contribution is -2.42. The molecule has 8 heteroatoms. The van der Waals surface area contributed by atoms with Crippen molar-refractivity contribution in [1.29, 1.82) is 0 Å². The van der Waals surface area contributed by atoms with Crippen LogP contribution in [0.4, 0.5) is 5.95 Å². The molecule has 0 bridgehead atoms. The van der Waals surface area contributed by atoms with Crippen molar-refractivity contribution in [3.05, 3.63) is 65.5 Å². The van der Waals surface area contributed by atoms with E-state index >= 15 is 0 Å². The first kappa shape index (κ1) is 21.5. The van der Waals surface area contributed by atoms with Crippen molar-refractivity contribution in [3.8, 4) is 0 Å². The van der Waals surface area contributed by atoms with Crippen LogP contribution in [0.5, 0.6) is 0 Å². The topological polar surface area (TPSA) is 112 Å². The van der Waals surface area contributed by atoms with Crippen LogP contribution in [0.25, 0.3) is 23.2 Å². The second-order valence-electron chi connectivity index (χ2n) is 7.64. The number of hydrogen-bond donors (Lipinski definition) is 4. The highest BCUT2D eigenvalue weighted by Gasteiger charge is 2.20. The standard InChI is InChI=1S/C24H26N6O2/c1-3-6-16-13-20(26-14-15(16)4-2)23(32)30-24-28-19-8-5-7-18(21(19)29-24)22(31)27-17-9-11-25-12-10-17/h3-8,13-14,17,25H,2,9-12H2,1H3,(H,27,31)(H2,28,29,30,32)/b6-3-. The first-order valence-corrected chi connectivity index (χ1v) is 10.7. The molecule has 8 nitrogen and oxygen atoms in total. The second-order valence-corrected chi connectivity index (χ2v) is 7.64. The van der Waals surface area contributed by atoms with E-state index in [1.165, 1.54) is 0 Å². The average Bonchev–Trinajstić information content (AvgIpc) is 3.22. The van der Waals surface area contributed by atoms with Gasteiger partial charge in [-0.25, -0.2) is 4.98 Å². The molecular weight excluding hydrogens is 404 g/mol. The largest absolute Gasteiger partial charge is 0.349 e. The van der Waals surface area contributed by atoms with Crippen molar-refractivity contribution in [2.75, 3.05) is 18.4 Å².